The molecule has 0 spiro atoms. The SMILES string of the molecule is Cc1ccc(OCC(=O)NCCc2c[nH]c3cc(O)ccc23)cc1. The molecule has 0 aliphatic rings. The van der Waals surface area contributed by atoms with Crippen molar-refractivity contribution in [3.63, 3.8) is 0 Å². The smallest absolute Gasteiger partial charge is 0.257 e. The van der Waals surface area contributed by atoms with Crippen LogP contribution in [-0.2, 0) is 11.2 Å². The fourth-order valence-electron chi connectivity index (χ4n) is 2.55. The summed E-state index contributed by atoms with van der Waals surface area (Å²) >= 11 is 0. The maximum absolute atomic E-state index is 11.8. The van der Waals surface area contributed by atoms with Gasteiger partial charge >= 0.3 is 0 Å². The van der Waals surface area contributed by atoms with E-state index in [4.69, 9.17) is 4.74 Å². The minimum Gasteiger partial charge on any atom is -0.508 e. The molecule has 3 N–H and O–H groups in total. The van der Waals surface area contributed by atoms with E-state index in [0.717, 1.165) is 22.0 Å². The first-order valence-corrected chi connectivity index (χ1v) is 7.87. The average molecular weight is 324 g/mol. The fraction of sp³-hybridized carbons (Fsp3) is 0.211. The van der Waals surface area contributed by atoms with Crippen LogP contribution in [0.2, 0.25) is 0 Å². The molecule has 3 aromatic rings. The van der Waals surface area contributed by atoms with Crippen molar-refractivity contribution in [3.8, 4) is 11.5 Å². The second-order valence-electron chi connectivity index (χ2n) is 5.75. The Morgan fingerprint density at radius 3 is 2.79 bits per heavy atom. The highest BCUT2D eigenvalue weighted by Gasteiger charge is 2.06. The van der Waals surface area contributed by atoms with Crippen LogP contribution in [0.4, 0.5) is 0 Å². The van der Waals surface area contributed by atoms with Crippen molar-refractivity contribution in [1.29, 1.82) is 0 Å². The van der Waals surface area contributed by atoms with Gasteiger partial charge in [0.15, 0.2) is 6.61 Å². The van der Waals surface area contributed by atoms with E-state index in [1.807, 2.05) is 43.5 Å². The van der Waals surface area contributed by atoms with Crippen molar-refractivity contribution in [3.05, 3.63) is 59.8 Å². The van der Waals surface area contributed by atoms with Crippen molar-refractivity contribution < 1.29 is 14.6 Å². The molecule has 0 aliphatic carbocycles. The van der Waals surface area contributed by atoms with E-state index < -0.39 is 0 Å². The second-order valence-corrected chi connectivity index (χ2v) is 5.75. The van der Waals surface area contributed by atoms with Gasteiger partial charge in [-0.25, -0.2) is 0 Å². The summed E-state index contributed by atoms with van der Waals surface area (Å²) in [5, 5.41) is 13.4. The number of phenols is 1. The lowest BCUT2D eigenvalue weighted by Gasteiger charge is -2.07. The summed E-state index contributed by atoms with van der Waals surface area (Å²) in [6.45, 7) is 2.54. The molecule has 0 saturated carbocycles. The number of benzene rings is 2. The first-order valence-electron chi connectivity index (χ1n) is 7.87. The average Bonchev–Trinajstić information content (AvgIpc) is 2.96. The Bertz CT molecular complexity index is 837. The number of hydrogen-bond acceptors (Lipinski definition) is 3. The monoisotopic (exact) mass is 324 g/mol. The van der Waals surface area contributed by atoms with Gasteiger partial charge in [0.05, 0.1) is 0 Å². The molecule has 0 atom stereocenters. The molecule has 3 rings (SSSR count). The highest BCUT2D eigenvalue weighted by atomic mass is 16.5. The number of H-pyrrole nitrogens is 1. The molecule has 2 aromatic carbocycles. The quantitative estimate of drug-likeness (QED) is 0.653. The Morgan fingerprint density at radius 2 is 2.00 bits per heavy atom. The van der Waals surface area contributed by atoms with Gasteiger partial charge in [-0.2, -0.15) is 0 Å². The van der Waals surface area contributed by atoms with Crippen LogP contribution in [0.15, 0.2) is 48.7 Å². The Balaban J connectivity index is 1.47. The van der Waals surface area contributed by atoms with E-state index in [0.29, 0.717) is 18.7 Å². The second kappa shape index (κ2) is 7.08. The zero-order chi connectivity index (χ0) is 16.9. The predicted octanol–water partition coefficient (Wildman–Crippen LogP) is 2.92. The van der Waals surface area contributed by atoms with E-state index in [9.17, 15) is 9.90 Å². The zero-order valence-corrected chi connectivity index (χ0v) is 13.5. The third kappa shape index (κ3) is 3.87. The van der Waals surface area contributed by atoms with Crippen molar-refractivity contribution in [2.24, 2.45) is 0 Å². The maximum atomic E-state index is 11.8. The molecule has 0 fully saturated rings. The van der Waals surface area contributed by atoms with E-state index in [1.54, 1.807) is 12.1 Å². The number of aromatic amines is 1. The van der Waals surface area contributed by atoms with Crippen molar-refractivity contribution in [2.45, 2.75) is 13.3 Å². The zero-order valence-electron chi connectivity index (χ0n) is 13.5. The van der Waals surface area contributed by atoms with E-state index in [1.165, 1.54) is 0 Å². The number of hydrogen-bond donors (Lipinski definition) is 3. The lowest BCUT2D eigenvalue weighted by Crippen LogP contribution is -2.30. The number of aromatic hydroxyl groups is 1. The fourth-order valence-corrected chi connectivity index (χ4v) is 2.55. The topological polar surface area (TPSA) is 74.3 Å². The van der Waals surface area contributed by atoms with Crippen LogP contribution < -0.4 is 10.1 Å². The van der Waals surface area contributed by atoms with Crippen LogP contribution in [0.25, 0.3) is 10.9 Å². The number of carbonyl (C=O) groups excluding carboxylic acids is 1. The molecule has 1 amide bonds. The number of phenolic OH excluding ortho intramolecular Hbond substituents is 1. The summed E-state index contributed by atoms with van der Waals surface area (Å²) in [6, 6.07) is 12.8. The molecule has 5 nitrogen and oxygen atoms in total. The molecule has 0 unspecified atom stereocenters. The number of aromatic nitrogens is 1. The summed E-state index contributed by atoms with van der Waals surface area (Å²) in [4.78, 5) is 15.0. The summed E-state index contributed by atoms with van der Waals surface area (Å²) in [5.41, 5.74) is 3.14. The molecule has 0 radical (unpaired) electrons. The van der Waals surface area contributed by atoms with Gasteiger partial charge in [-0.15, -0.1) is 0 Å². The Morgan fingerprint density at radius 1 is 1.21 bits per heavy atom. The largest absolute Gasteiger partial charge is 0.508 e. The number of rotatable bonds is 6. The first kappa shape index (κ1) is 15.9. The molecule has 0 saturated heterocycles. The number of ether oxygens (including phenoxy) is 1. The van der Waals surface area contributed by atoms with Gasteiger partial charge in [-0.05, 0) is 43.2 Å². The minimum atomic E-state index is -0.145. The molecule has 1 heterocycles. The molecule has 0 bridgehead atoms. The lowest BCUT2D eigenvalue weighted by molar-refractivity contribution is -0.123. The van der Waals surface area contributed by atoms with Crippen LogP contribution in [-0.4, -0.2) is 29.1 Å². The maximum Gasteiger partial charge on any atom is 0.257 e. The van der Waals surface area contributed by atoms with Crippen LogP contribution in [0, 0.1) is 6.92 Å². The van der Waals surface area contributed by atoms with Gasteiger partial charge in [-0.3, -0.25) is 4.79 Å². The summed E-state index contributed by atoms with van der Waals surface area (Å²) in [6.07, 6.45) is 2.61. The normalized spacial score (nSPS) is 10.7. The van der Waals surface area contributed by atoms with Crippen LogP contribution >= 0.6 is 0 Å². The molecule has 124 valence electrons. The number of amides is 1. The molecule has 0 aliphatic heterocycles. The van der Waals surface area contributed by atoms with Crippen LogP contribution in [0.3, 0.4) is 0 Å². The number of fused-ring (bicyclic) bond motifs is 1. The highest BCUT2D eigenvalue weighted by Crippen LogP contribution is 2.22. The van der Waals surface area contributed by atoms with Gasteiger partial charge < -0.3 is 20.1 Å². The van der Waals surface area contributed by atoms with Gasteiger partial charge in [0, 0.05) is 29.7 Å². The third-order valence-corrected chi connectivity index (χ3v) is 3.86. The molecular weight excluding hydrogens is 304 g/mol. The molecular formula is C19H20N2O3. The van der Waals surface area contributed by atoms with E-state index >= 15 is 0 Å². The Hall–Kier alpha value is -2.95. The first-order chi connectivity index (χ1) is 11.6. The Kier molecular flexibility index (Phi) is 4.70. The lowest BCUT2D eigenvalue weighted by atomic mass is 10.1. The van der Waals surface area contributed by atoms with Crippen LogP contribution in [0.1, 0.15) is 11.1 Å². The van der Waals surface area contributed by atoms with Gasteiger partial charge in [-0.1, -0.05) is 17.7 Å². The van der Waals surface area contributed by atoms with Gasteiger partial charge in [0.25, 0.3) is 5.91 Å². The van der Waals surface area contributed by atoms with Crippen molar-refractivity contribution in [1.82, 2.24) is 10.3 Å². The molecule has 24 heavy (non-hydrogen) atoms. The standard InChI is InChI=1S/C19H20N2O3/c1-13-2-5-16(6-3-13)24-12-19(23)20-9-8-14-11-21-18-10-15(22)4-7-17(14)18/h2-7,10-11,21-22H,8-9,12H2,1H3,(H,20,23). The number of aryl methyl sites for hydroxylation is 1. The van der Waals surface area contributed by atoms with Gasteiger partial charge in [0.2, 0.25) is 0 Å². The van der Waals surface area contributed by atoms with E-state index in [-0.39, 0.29) is 18.3 Å². The predicted molar refractivity (Wildman–Crippen MR) is 93.4 cm³/mol. The Labute approximate surface area is 140 Å². The highest BCUT2D eigenvalue weighted by molar-refractivity contribution is 5.84. The summed E-state index contributed by atoms with van der Waals surface area (Å²) in [7, 11) is 0. The minimum absolute atomic E-state index is 0.00478. The number of nitrogens with one attached hydrogen (secondary N) is 2. The summed E-state index contributed by atoms with van der Waals surface area (Å²) in [5.74, 6) is 0.776. The molecule has 1 aromatic heterocycles. The summed E-state index contributed by atoms with van der Waals surface area (Å²) < 4.78 is 5.45. The molecule has 5 heteroatoms. The number of carbonyl (C=O) groups is 1. The van der Waals surface area contributed by atoms with Crippen molar-refractivity contribution in [2.75, 3.05) is 13.2 Å². The van der Waals surface area contributed by atoms with Crippen LogP contribution in [0.5, 0.6) is 11.5 Å². The third-order valence-electron chi connectivity index (χ3n) is 3.86. The van der Waals surface area contributed by atoms with E-state index in [2.05, 4.69) is 10.3 Å². The van der Waals surface area contributed by atoms with Crippen molar-refractivity contribution >= 4 is 16.8 Å². The van der Waals surface area contributed by atoms with Gasteiger partial charge in [0.1, 0.15) is 11.5 Å².